The number of ketones is 1. The lowest BCUT2D eigenvalue weighted by Crippen LogP contribution is -2.41. The number of nitrogens with two attached hydrogens (primary N) is 1. The number of benzene rings is 1. The molecule has 0 radical (unpaired) electrons. The molecule has 4 aromatic rings. The molecule has 0 saturated heterocycles. The highest BCUT2D eigenvalue weighted by atomic mass is 32.1. The summed E-state index contributed by atoms with van der Waals surface area (Å²) in [6.07, 6.45) is -3.17. The maximum absolute atomic E-state index is 13.2. The van der Waals surface area contributed by atoms with Gasteiger partial charge in [-0.3, -0.25) is 9.32 Å². The first-order valence-corrected chi connectivity index (χ1v) is 10.2. The lowest BCUT2D eigenvalue weighted by atomic mass is 10.1. The van der Waals surface area contributed by atoms with E-state index < -0.39 is 23.5 Å². The van der Waals surface area contributed by atoms with Crippen molar-refractivity contribution in [3.05, 3.63) is 63.1 Å². The molecule has 8 nitrogen and oxygen atoms in total. The number of rotatable bonds is 6. The van der Waals surface area contributed by atoms with Crippen molar-refractivity contribution in [1.82, 2.24) is 10.3 Å². The number of hydrogen-bond donors (Lipinski definition) is 2. The Labute approximate surface area is 182 Å². The Balaban J connectivity index is 1.73. The van der Waals surface area contributed by atoms with Crippen LogP contribution in [0.3, 0.4) is 0 Å². The molecular formula is C20H16F3N4O4S+. The number of aromatic nitrogens is 3. The van der Waals surface area contributed by atoms with E-state index in [1.54, 1.807) is 6.07 Å². The van der Waals surface area contributed by atoms with Crippen molar-refractivity contribution < 1.29 is 31.9 Å². The molecule has 0 aliphatic carbocycles. The number of carbonyl (C=O) groups excluding carboxylic acids is 1. The van der Waals surface area contributed by atoms with E-state index in [2.05, 4.69) is 15.0 Å². The number of nitrogens with one attached hydrogen (secondary N) is 1. The molecule has 4 rings (SSSR count). The number of thiophene rings is 1. The zero-order valence-corrected chi connectivity index (χ0v) is 17.3. The normalized spacial score (nSPS) is 11.8. The SMILES string of the molecule is CCCc1ccc2c(N)c(C(=O)c3c(=O)o[nH][n+]3-c3ccc(OC(F)(F)F)cc3)sc2n1. The summed E-state index contributed by atoms with van der Waals surface area (Å²) in [5.41, 5.74) is 6.04. The van der Waals surface area contributed by atoms with Gasteiger partial charge in [0.25, 0.3) is 5.78 Å². The second kappa shape index (κ2) is 8.11. The van der Waals surface area contributed by atoms with Gasteiger partial charge in [-0.1, -0.05) is 13.3 Å². The molecule has 166 valence electrons. The van der Waals surface area contributed by atoms with Gasteiger partial charge >= 0.3 is 17.7 Å². The highest BCUT2D eigenvalue weighted by molar-refractivity contribution is 7.21. The number of fused-ring (bicyclic) bond motifs is 1. The quantitative estimate of drug-likeness (QED) is 0.333. The Bertz CT molecular complexity index is 1360. The Morgan fingerprint density at radius 1 is 1.25 bits per heavy atom. The third kappa shape index (κ3) is 4.08. The fourth-order valence-corrected chi connectivity index (χ4v) is 4.21. The van der Waals surface area contributed by atoms with Crippen LogP contribution in [0.1, 0.15) is 34.4 Å². The maximum atomic E-state index is 13.2. The molecule has 3 N–H and O–H groups in total. The number of carbonyl (C=O) groups is 1. The number of halogens is 3. The molecule has 32 heavy (non-hydrogen) atoms. The Hall–Kier alpha value is -3.67. The number of aromatic amines is 1. The minimum absolute atomic E-state index is 0.110. The summed E-state index contributed by atoms with van der Waals surface area (Å²) in [7, 11) is 0. The fourth-order valence-electron chi connectivity index (χ4n) is 3.15. The predicted octanol–water partition coefficient (Wildman–Crippen LogP) is 3.52. The summed E-state index contributed by atoms with van der Waals surface area (Å²) in [6.45, 7) is 2.02. The van der Waals surface area contributed by atoms with Crippen molar-refractivity contribution >= 4 is 33.0 Å². The smallest absolute Gasteiger partial charge is 0.406 e. The van der Waals surface area contributed by atoms with Crippen LogP contribution < -0.4 is 20.8 Å². The Kier molecular flexibility index (Phi) is 5.46. The van der Waals surface area contributed by atoms with E-state index in [4.69, 9.17) is 10.3 Å². The number of pyridine rings is 1. The van der Waals surface area contributed by atoms with Crippen LogP contribution in [0.15, 0.2) is 45.7 Å². The summed E-state index contributed by atoms with van der Waals surface area (Å²) in [6, 6.07) is 8.17. The van der Waals surface area contributed by atoms with E-state index >= 15 is 0 Å². The molecule has 1 aromatic carbocycles. The molecule has 0 fully saturated rings. The molecular weight excluding hydrogens is 449 g/mol. The van der Waals surface area contributed by atoms with Crippen molar-refractivity contribution in [1.29, 1.82) is 0 Å². The van der Waals surface area contributed by atoms with Crippen molar-refractivity contribution in [2.24, 2.45) is 0 Å². The molecule has 0 bridgehead atoms. The first kappa shape index (κ1) is 21.6. The number of alkyl halides is 3. The van der Waals surface area contributed by atoms with Crippen LogP contribution in [0.5, 0.6) is 5.75 Å². The topological polar surface area (TPSA) is 115 Å². The van der Waals surface area contributed by atoms with E-state index in [0.29, 0.717) is 10.2 Å². The lowest BCUT2D eigenvalue weighted by Gasteiger charge is -2.07. The van der Waals surface area contributed by atoms with Gasteiger partial charge in [-0.05, 0) is 40.6 Å². The Morgan fingerprint density at radius 3 is 2.62 bits per heavy atom. The van der Waals surface area contributed by atoms with Crippen molar-refractivity contribution in [2.75, 3.05) is 5.73 Å². The van der Waals surface area contributed by atoms with Crippen LogP contribution in [0.2, 0.25) is 0 Å². The number of hydrogen-bond acceptors (Lipinski definition) is 7. The number of H-pyrrole nitrogens is 1. The molecule has 3 heterocycles. The molecule has 0 amide bonds. The van der Waals surface area contributed by atoms with E-state index in [1.807, 2.05) is 13.0 Å². The van der Waals surface area contributed by atoms with E-state index in [1.165, 1.54) is 12.1 Å². The highest BCUT2D eigenvalue weighted by Gasteiger charge is 2.35. The second-order valence-electron chi connectivity index (χ2n) is 6.79. The number of nitrogens with zero attached hydrogens (tertiary/aromatic N) is 2. The highest BCUT2D eigenvalue weighted by Crippen LogP contribution is 2.33. The van der Waals surface area contributed by atoms with E-state index in [0.717, 1.165) is 46.7 Å². The van der Waals surface area contributed by atoms with E-state index in [-0.39, 0.29) is 21.9 Å². The molecule has 0 unspecified atom stereocenters. The third-order valence-electron chi connectivity index (χ3n) is 4.55. The largest absolute Gasteiger partial charge is 0.573 e. The summed E-state index contributed by atoms with van der Waals surface area (Å²) < 4.78 is 46.7. The summed E-state index contributed by atoms with van der Waals surface area (Å²) in [5, 5.41) is 2.88. The second-order valence-corrected chi connectivity index (χ2v) is 7.78. The van der Waals surface area contributed by atoms with Gasteiger partial charge in [-0.25, -0.2) is 9.78 Å². The van der Waals surface area contributed by atoms with Gasteiger partial charge < -0.3 is 10.5 Å². The van der Waals surface area contributed by atoms with Crippen LogP contribution in [0.4, 0.5) is 18.9 Å². The monoisotopic (exact) mass is 465 g/mol. The average molecular weight is 465 g/mol. The zero-order valence-electron chi connectivity index (χ0n) is 16.5. The predicted molar refractivity (Wildman–Crippen MR) is 109 cm³/mol. The first-order chi connectivity index (χ1) is 15.2. The standard InChI is InChI=1S/C20H15F3N4O4S/c1-2-3-10-4-9-13-14(24)17(32-18(13)25-10)16(28)15-19(29)31-26-27(15)11-5-7-12(8-6-11)30-20(21,22)23/h4-9H,2-3H2,1H3,(H2-,24,26,28,29)/p+1. The first-order valence-electron chi connectivity index (χ1n) is 9.40. The number of anilines is 1. The van der Waals surface area contributed by atoms with Gasteiger partial charge in [0, 0.05) is 23.2 Å². The van der Waals surface area contributed by atoms with Crippen molar-refractivity contribution in [3.63, 3.8) is 0 Å². The number of nitrogen functional groups attached to an aromatic ring is 1. The minimum atomic E-state index is -4.84. The average Bonchev–Trinajstić information content (AvgIpc) is 3.27. The zero-order chi connectivity index (χ0) is 23.0. The van der Waals surface area contributed by atoms with Crippen LogP contribution in [-0.2, 0) is 6.42 Å². The summed E-state index contributed by atoms with van der Waals surface area (Å²) in [5.74, 6) is -1.16. The number of ether oxygens (including phenoxy) is 1. The van der Waals surface area contributed by atoms with Gasteiger partial charge in [0.2, 0.25) is 5.69 Å². The molecule has 0 aliphatic rings. The van der Waals surface area contributed by atoms with Gasteiger partial charge in [0.1, 0.15) is 15.5 Å². The molecule has 12 heteroatoms. The maximum Gasteiger partial charge on any atom is 0.573 e. The van der Waals surface area contributed by atoms with Crippen LogP contribution in [0, 0.1) is 0 Å². The summed E-state index contributed by atoms with van der Waals surface area (Å²) >= 11 is 1.05. The van der Waals surface area contributed by atoms with Gasteiger partial charge in [-0.15, -0.1) is 24.5 Å². The molecule has 3 aromatic heterocycles. The van der Waals surface area contributed by atoms with Crippen LogP contribution in [0.25, 0.3) is 15.9 Å². The van der Waals surface area contributed by atoms with Crippen LogP contribution in [-0.4, -0.2) is 22.4 Å². The molecule has 0 saturated carbocycles. The lowest BCUT2D eigenvalue weighted by molar-refractivity contribution is -0.672. The molecule has 0 spiro atoms. The number of aryl methyl sites for hydroxylation is 1. The molecule has 0 atom stereocenters. The molecule has 0 aliphatic heterocycles. The Morgan fingerprint density at radius 2 is 1.97 bits per heavy atom. The summed E-state index contributed by atoms with van der Waals surface area (Å²) in [4.78, 5) is 30.7. The minimum Gasteiger partial charge on any atom is -0.406 e. The van der Waals surface area contributed by atoms with Crippen molar-refractivity contribution in [3.8, 4) is 11.4 Å². The van der Waals surface area contributed by atoms with Crippen molar-refractivity contribution in [2.45, 2.75) is 26.1 Å². The fraction of sp³-hybridized carbons (Fsp3) is 0.200. The van der Waals surface area contributed by atoms with Gasteiger partial charge in [0.05, 0.1) is 5.69 Å². The van der Waals surface area contributed by atoms with Gasteiger partial charge in [0.15, 0.2) is 0 Å². The third-order valence-corrected chi connectivity index (χ3v) is 5.67. The van der Waals surface area contributed by atoms with E-state index in [9.17, 15) is 22.8 Å². The van der Waals surface area contributed by atoms with Crippen LogP contribution >= 0.6 is 11.3 Å². The van der Waals surface area contributed by atoms with Gasteiger partial charge in [-0.2, -0.15) is 0 Å².